The fraction of sp³-hybridized carbons (Fsp3) is 0.350. The highest BCUT2D eigenvalue weighted by molar-refractivity contribution is 5.76. The number of nitrogens with two attached hydrogens (primary N) is 2. The molecule has 30 heavy (non-hydrogen) atoms. The van der Waals surface area contributed by atoms with Crippen LogP contribution in [0.5, 0.6) is 5.75 Å². The number of methoxy groups -OCH3 is 1. The van der Waals surface area contributed by atoms with Crippen LogP contribution < -0.4 is 21.5 Å². The summed E-state index contributed by atoms with van der Waals surface area (Å²) in [5.74, 6) is 1.60. The molecule has 1 aromatic carbocycles. The SMILES string of the molecule is COc1cccc(Nc2ncnn3ccc(CN4CCC(N)CC4)c23)c1.NC(=O)O. The van der Waals surface area contributed by atoms with Crippen LogP contribution in [0.2, 0.25) is 0 Å². The second-order valence-corrected chi connectivity index (χ2v) is 7.05. The number of fused-ring (bicyclic) bond motifs is 1. The predicted molar refractivity (Wildman–Crippen MR) is 114 cm³/mol. The number of hydrogen-bond donors (Lipinski definition) is 4. The van der Waals surface area contributed by atoms with E-state index < -0.39 is 6.09 Å². The highest BCUT2D eigenvalue weighted by Crippen LogP contribution is 2.26. The molecule has 0 aliphatic carbocycles. The fourth-order valence-electron chi connectivity index (χ4n) is 3.43. The molecule has 2 aromatic heterocycles. The van der Waals surface area contributed by atoms with Crippen LogP contribution >= 0.6 is 0 Å². The van der Waals surface area contributed by atoms with Gasteiger partial charge in [0.25, 0.3) is 0 Å². The highest BCUT2D eigenvalue weighted by atomic mass is 16.5. The molecule has 1 aliphatic heterocycles. The van der Waals surface area contributed by atoms with Crippen LogP contribution in [0.4, 0.5) is 16.3 Å². The van der Waals surface area contributed by atoms with Crippen LogP contribution in [0, 0.1) is 0 Å². The Balaban J connectivity index is 0.000000589. The number of benzene rings is 1. The number of amides is 1. The molecular formula is C20H27N7O3. The molecule has 0 radical (unpaired) electrons. The van der Waals surface area contributed by atoms with Crippen molar-refractivity contribution < 1.29 is 14.6 Å². The molecule has 1 fully saturated rings. The number of hydrogen-bond acceptors (Lipinski definition) is 7. The third-order valence-corrected chi connectivity index (χ3v) is 4.90. The van der Waals surface area contributed by atoms with E-state index in [-0.39, 0.29) is 0 Å². The number of ether oxygens (including phenoxy) is 1. The van der Waals surface area contributed by atoms with Gasteiger partial charge in [-0.15, -0.1) is 0 Å². The number of anilines is 2. The van der Waals surface area contributed by atoms with E-state index in [4.69, 9.17) is 20.4 Å². The van der Waals surface area contributed by atoms with Gasteiger partial charge in [0.15, 0.2) is 5.82 Å². The second-order valence-electron chi connectivity index (χ2n) is 7.05. The van der Waals surface area contributed by atoms with Gasteiger partial charge in [0.1, 0.15) is 17.6 Å². The molecule has 160 valence electrons. The molecule has 1 aliphatic rings. The molecule has 3 aromatic rings. The number of carbonyl (C=O) groups is 1. The third-order valence-electron chi connectivity index (χ3n) is 4.90. The van der Waals surface area contributed by atoms with Gasteiger partial charge >= 0.3 is 6.09 Å². The zero-order valence-electron chi connectivity index (χ0n) is 16.9. The Bertz CT molecular complexity index is 979. The number of piperidine rings is 1. The maximum atomic E-state index is 8.78. The Hall–Kier alpha value is -3.37. The molecule has 0 spiro atoms. The Morgan fingerprint density at radius 2 is 2.07 bits per heavy atom. The summed E-state index contributed by atoms with van der Waals surface area (Å²) in [6.07, 6.45) is 4.33. The fourth-order valence-corrected chi connectivity index (χ4v) is 3.43. The van der Waals surface area contributed by atoms with E-state index >= 15 is 0 Å². The molecule has 0 unspecified atom stereocenters. The molecule has 1 saturated heterocycles. The smallest absolute Gasteiger partial charge is 0.402 e. The Morgan fingerprint density at radius 3 is 2.77 bits per heavy atom. The van der Waals surface area contributed by atoms with E-state index in [2.05, 4.69) is 32.1 Å². The molecule has 0 bridgehead atoms. The van der Waals surface area contributed by atoms with Crippen molar-refractivity contribution in [3.63, 3.8) is 0 Å². The van der Waals surface area contributed by atoms with E-state index in [1.807, 2.05) is 35.0 Å². The van der Waals surface area contributed by atoms with E-state index in [0.717, 1.165) is 55.2 Å². The van der Waals surface area contributed by atoms with E-state index in [1.54, 1.807) is 13.4 Å². The van der Waals surface area contributed by atoms with Crippen molar-refractivity contribution in [3.8, 4) is 5.75 Å². The first kappa shape index (κ1) is 21.3. The Labute approximate surface area is 174 Å². The second kappa shape index (κ2) is 9.90. The van der Waals surface area contributed by atoms with Crippen molar-refractivity contribution >= 4 is 23.1 Å². The van der Waals surface area contributed by atoms with Crippen molar-refractivity contribution in [1.29, 1.82) is 0 Å². The van der Waals surface area contributed by atoms with Gasteiger partial charge in [0.05, 0.1) is 7.11 Å². The normalized spacial score (nSPS) is 14.7. The number of nitrogens with zero attached hydrogens (tertiary/aromatic N) is 4. The summed E-state index contributed by atoms with van der Waals surface area (Å²) >= 11 is 0. The summed E-state index contributed by atoms with van der Waals surface area (Å²) in [7, 11) is 1.66. The number of likely N-dealkylation sites (tertiary alicyclic amines) is 1. The number of nitrogens with one attached hydrogen (secondary N) is 1. The number of aromatic nitrogens is 3. The molecule has 10 nitrogen and oxygen atoms in total. The van der Waals surface area contributed by atoms with Crippen molar-refractivity contribution in [2.24, 2.45) is 11.5 Å². The summed E-state index contributed by atoms with van der Waals surface area (Å²) in [4.78, 5) is 15.7. The average Bonchev–Trinajstić information content (AvgIpc) is 3.13. The molecule has 6 N–H and O–H groups in total. The molecule has 3 heterocycles. The van der Waals surface area contributed by atoms with Gasteiger partial charge in [0.2, 0.25) is 0 Å². The number of rotatable bonds is 5. The first-order valence-electron chi connectivity index (χ1n) is 9.65. The minimum absolute atomic E-state index is 0.339. The van der Waals surface area contributed by atoms with Crippen LogP contribution in [0.3, 0.4) is 0 Å². The maximum Gasteiger partial charge on any atom is 0.402 e. The third kappa shape index (κ3) is 5.58. The lowest BCUT2D eigenvalue weighted by Gasteiger charge is -2.29. The van der Waals surface area contributed by atoms with Crippen LogP contribution in [-0.4, -0.2) is 56.9 Å². The van der Waals surface area contributed by atoms with Crippen LogP contribution in [-0.2, 0) is 6.54 Å². The molecule has 0 atom stereocenters. The van der Waals surface area contributed by atoms with Crippen LogP contribution in [0.25, 0.3) is 5.52 Å². The quantitative estimate of drug-likeness (QED) is 0.497. The molecular weight excluding hydrogens is 386 g/mol. The van der Waals surface area contributed by atoms with Crippen LogP contribution in [0.1, 0.15) is 18.4 Å². The molecule has 0 saturated carbocycles. The lowest BCUT2D eigenvalue weighted by molar-refractivity contribution is 0.205. The van der Waals surface area contributed by atoms with E-state index in [0.29, 0.717) is 6.04 Å². The minimum atomic E-state index is -1.33. The monoisotopic (exact) mass is 413 g/mol. The standard InChI is InChI=1S/C19H24N6O.CH3NO2/c1-26-17-4-2-3-16(11-17)23-19-18-14(5-10-25(18)22-13-21-19)12-24-8-6-15(20)7-9-24;2-1(3)4/h2-5,10-11,13,15H,6-9,12,20H2,1H3,(H,21,22,23);2H2,(H,3,4). The lowest BCUT2D eigenvalue weighted by atomic mass is 10.1. The van der Waals surface area contributed by atoms with Gasteiger partial charge in [0, 0.05) is 30.5 Å². The number of primary amides is 1. The van der Waals surface area contributed by atoms with Gasteiger partial charge in [-0.1, -0.05) is 6.07 Å². The summed E-state index contributed by atoms with van der Waals surface area (Å²) in [6.45, 7) is 2.94. The summed E-state index contributed by atoms with van der Waals surface area (Å²) in [5.41, 5.74) is 13.2. The van der Waals surface area contributed by atoms with Gasteiger partial charge < -0.3 is 26.6 Å². The highest BCUT2D eigenvalue weighted by Gasteiger charge is 2.18. The van der Waals surface area contributed by atoms with Gasteiger partial charge in [-0.25, -0.2) is 14.3 Å². The zero-order chi connectivity index (χ0) is 21.5. The van der Waals surface area contributed by atoms with E-state index in [1.165, 1.54) is 5.56 Å². The molecule has 4 rings (SSSR count). The largest absolute Gasteiger partial charge is 0.497 e. The summed E-state index contributed by atoms with van der Waals surface area (Å²) in [6, 6.07) is 10.3. The van der Waals surface area contributed by atoms with Crippen molar-refractivity contribution in [2.45, 2.75) is 25.4 Å². The topological polar surface area (TPSA) is 144 Å². The lowest BCUT2D eigenvalue weighted by Crippen LogP contribution is -2.39. The van der Waals surface area contributed by atoms with Gasteiger partial charge in [-0.3, -0.25) is 4.90 Å². The van der Waals surface area contributed by atoms with Crippen molar-refractivity contribution in [2.75, 3.05) is 25.5 Å². The van der Waals surface area contributed by atoms with E-state index in [9.17, 15) is 0 Å². The first-order valence-corrected chi connectivity index (χ1v) is 9.65. The average molecular weight is 413 g/mol. The van der Waals surface area contributed by atoms with Gasteiger partial charge in [-0.2, -0.15) is 5.10 Å². The summed E-state index contributed by atoms with van der Waals surface area (Å²) < 4.78 is 7.18. The first-order chi connectivity index (χ1) is 14.5. The molecule has 10 heteroatoms. The van der Waals surface area contributed by atoms with Crippen LogP contribution in [0.15, 0.2) is 42.9 Å². The predicted octanol–water partition coefficient (Wildman–Crippen LogP) is 2.03. The maximum absolute atomic E-state index is 8.78. The Kier molecular flexibility index (Phi) is 7.04. The Morgan fingerprint density at radius 1 is 1.33 bits per heavy atom. The zero-order valence-corrected chi connectivity index (χ0v) is 16.9. The minimum Gasteiger partial charge on any atom is -0.497 e. The molecule has 1 amide bonds. The van der Waals surface area contributed by atoms with Gasteiger partial charge in [-0.05, 0) is 49.7 Å². The summed E-state index contributed by atoms with van der Waals surface area (Å²) in [5, 5.41) is 14.9. The number of carboxylic acid groups (broad SMARTS) is 1. The van der Waals surface area contributed by atoms with Crippen molar-refractivity contribution in [3.05, 3.63) is 48.4 Å². The van der Waals surface area contributed by atoms with Crippen molar-refractivity contribution in [1.82, 2.24) is 19.5 Å².